The Bertz CT molecular complexity index is 1440. The summed E-state index contributed by atoms with van der Waals surface area (Å²) in [6.07, 6.45) is 0. The number of carbonyl (C=O) groups excluding carboxylic acids is 2. The topological polar surface area (TPSA) is 110 Å². The first-order valence-corrected chi connectivity index (χ1v) is 14.8. The molecule has 2 amide bonds. The number of hydrogen-bond acceptors (Lipinski definition) is 7. The van der Waals surface area contributed by atoms with Crippen molar-refractivity contribution in [2.45, 2.75) is 13.5 Å². The predicted molar refractivity (Wildman–Crippen MR) is 173 cm³/mol. The van der Waals surface area contributed by atoms with E-state index in [0.717, 1.165) is 70.2 Å². The van der Waals surface area contributed by atoms with Crippen molar-refractivity contribution < 1.29 is 9.59 Å². The third kappa shape index (κ3) is 8.19. The molecule has 226 valence electrons. The van der Waals surface area contributed by atoms with Gasteiger partial charge in [-0.3, -0.25) is 19.8 Å². The van der Waals surface area contributed by atoms with Crippen molar-refractivity contribution >= 4 is 34.8 Å². The highest BCUT2D eigenvalue weighted by Crippen LogP contribution is 2.24. The number of nitrogens with two attached hydrogens (primary N) is 1. The monoisotopic (exact) mass is 582 g/mol. The maximum Gasteiger partial charge on any atom is 0.257 e. The normalized spacial score (nSPS) is 17.1. The lowest BCUT2D eigenvalue weighted by atomic mass is 10.1. The molecule has 4 N–H and O–H groups in total. The van der Waals surface area contributed by atoms with Crippen LogP contribution in [0.25, 0.3) is 0 Å². The van der Waals surface area contributed by atoms with Crippen molar-refractivity contribution in [3.8, 4) is 0 Å². The Morgan fingerprint density at radius 1 is 0.767 bits per heavy atom. The van der Waals surface area contributed by atoms with E-state index < -0.39 is 0 Å². The van der Waals surface area contributed by atoms with E-state index >= 15 is 0 Å². The van der Waals surface area contributed by atoms with E-state index in [2.05, 4.69) is 49.3 Å². The highest BCUT2D eigenvalue weighted by molar-refractivity contribution is 6.06. The van der Waals surface area contributed by atoms with Crippen molar-refractivity contribution in [1.29, 1.82) is 0 Å². The van der Waals surface area contributed by atoms with E-state index in [1.54, 1.807) is 6.07 Å². The molecule has 2 aliphatic rings. The van der Waals surface area contributed by atoms with Crippen LogP contribution in [-0.2, 0) is 6.54 Å². The number of carbonyl (C=O) groups is 2. The minimum atomic E-state index is -0.325. The van der Waals surface area contributed by atoms with Crippen LogP contribution in [0, 0.1) is 6.92 Å². The predicted octanol–water partition coefficient (Wildman–Crippen LogP) is 3.12. The number of aliphatic imine (C=N–C) groups is 1. The lowest BCUT2D eigenvalue weighted by Gasteiger charge is -2.34. The molecule has 43 heavy (non-hydrogen) atoms. The molecule has 10 heteroatoms. The van der Waals surface area contributed by atoms with Gasteiger partial charge in [0.2, 0.25) is 5.96 Å². The highest BCUT2D eigenvalue weighted by atomic mass is 16.2. The van der Waals surface area contributed by atoms with Gasteiger partial charge < -0.3 is 25.8 Å². The molecular formula is C33H42N8O2. The molecule has 0 atom stereocenters. The van der Waals surface area contributed by atoms with Gasteiger partial charge in [-0.1, -0.05) is 18.2 Å². The molecule has 2 heterocycles. The summed E-state index contributed by atoms with van der Waals surface area (Å²) in [7, 11) is 4.28. The van der Waals surface area contributed by atoms with E-state index in [4.69, 9.17) is 5.73 Å². The molecule has 5 rings (SSSR count). The fourth-order valence-corrected chi connectivity index (χ4v) is 5.27. The summed E-state index contributed by atoms with van der Waals surface area (Å²) in [5.41, 5.74) is 11.5. The van der Waals surface area contributed by atoms with Crippen LogP contribution in [-0.4, -0.2) is 98.9 Å². The zero-order chi connectivity index (χ0) is 30.3. The second kappa shape index (κ2) is 13.8. The Labute approximate surface area is 254 Å². The average molecular weight is 583 g/mol. The van der Waals surface area contributed by atoms with Crippen LogP contribution in [0.3, 0.4) is 0 Å². The minimum absolute atomic E-state index is 0.0161. The number of hydrogen-bond donors (Lipinski definition) is 3. The van der Waals surface area contributed by atoms with Crippen molar-refractivity contribution in [2.24, 2.45) is 10.7 Å². The number of anilines is 2. The summed E-state index contributed by atoms with van der Waals surface area (Å²) < 4.78 is 0. The van der Waals surface area contributed by atoms with Crippen LogP contribution in [0.4, 0.5) is 17.1 Å². The maximum absolute atomic E-state index is 13.0. The maximum atomic E-state index is 13.0. The summed E-state index contributed by atoms with van der Waals surface area (Å²) in [5, 5.41) is 5.62. The van der Waals surface area contributed by atoms with Crippen LogP contribution in [0.15, 0.2) is 71.7 Å². The SMILES string of the molecule is Cc1ccc(NC(=O)c2ccc(N3CCN(C)CC3)cc2)cc1N=C(N)NC(=O)c1ccc(CN2CCN(C)CC2)cc1. The first kappa shape index (κ1) is 30.2. The molecule has 2 fully saturated rings. The van der Waals surface area contributed by atoms with Gasteiger partial charge in [-0.05, 0) is 80.7 Å². The number of guanidine groups is 1. The van der Waals surface area contributed by atoms with E-state index in [9.17, 15) is 9.59 Å². The number of amides is 2. The molecule has 2 aliphatic heterocycles. The summed E-state index contributed by atoms with van der Waals surface area (Å²) in [4.78, 5) is 39.6. The molecule has 0 saturated carbocycles. The van der Waals surface area contributed by atoms with Crippen molar-refractivity contribution in [3.63, 3.8) is 0 Å². The molecule has 0 unspecified atom stereocenters. The Morgan fingerprint density at radius 3 is 2.00 bits per heavy atom. The lowest BCUT2D eigenvalue weighted by molar-refractivity contribution is 0.0975. The fourth-order valence-electron chi connectivity index (χ4n) is 5.27. The van der Waals surface area contributed by atoms with Gasteiger partial charge in [-0.25, -0.2) is 4.99 Å². The molecule has 3 aromatic rings. The quantitative estimate of drug-likeness (QED) is 0.290. The van der Waals surface area contributed by atoms with E-state index in [1.807, 2.05) is 67.6 Å². The van der Waals surface area contributed by atoms with Crippen LogP contribution in [0.5, 0.6) is 0 Å². The zero-order valence-electron chi connectivity index (χ0n) is 25.3. The van der Waals surface area contributed by atoms with Gasteiger partial charge in [0, 0.05) is 81.4 Å². The van der Waals surface area contributed by atoms with Crippen molar-refractivity contribution in [3.05, 3.63) is 89.0 Å². The number of nitrogens with one attached hydrogen (secondary N) is 2. The van der Waals surface area contributed by atoms with Gasteiger partial charge in [-0.15, -0.1) is 0 Å². The first-order chi connectivity index (χ1) is 20.7. The highest BCUT2D eigenvalue weighted by Gasteiger charge is 2.16. The second-order valence-electron chi connectivity index (χ2n) is 11.5. The first-order valence-electron chi connectivity index (χ1n) is 14.8. The van der Waals surface area contributed by atoms with E-state index in [0.29, 0.717) is 22.5 Å². The number of aryl methyl sites for hydroxylation is 1. The van der Waals surface area contributed by atoms with Gasteiger partial charge in [0.1, 0.15) is 0 Å². The van der Waals surface area contributed by atoms with Gasteiger partial charge >= 0.3 is 0 Å². The third-order valence-corrected chi connectivity index (χ3v) is 8.17. The molecule has 0 aromatic heterocycles. The minimum Gasteiger partial charge on any atom is -0.369 e. The molecule has 0 spiro atoms. The smallest absolute Gasteiger partial charge is 0.257 e. The largest absolute Gasteiger partial charge is 0.369 e. The Hall–Kier alpha value is -4.25. The number of nitrogens with zero attached hydrogens (tertiary/aromatic N) is 5. The molecule has 3 aromatic carbocycles. The van der Waals surface area contributed by atoms with Crippen molar-refractivity contribution in [1.82, 2.24) is 20.0 Å². The Morgan fingerprint density at radius 2 is 1.35 bits per heavy atom. The lowest BCUT2D eigenvalue weighted by Crippen LogP contribution is -2.44. The number of likely N-dealkylation sites (N-methyl/N-ethyl adjacent to an activating group) is 2. The van der Waals surface area contributed by atoms with Gasteiger partial charge in [-0.2, -0.15) is 0 Å². The molecule has 0 aliphatic carbocycles. The summed E-state index contributed by atoms with van der Waals surface area (Å²) in [5.74, 6) is -0.548. The number of piperazine rings is 2. The standard InChI is InChI=1S/C33H42N8O2/c1-24-4-11-28(35-31(42)27-9-12-29(13-10-27)41-20-16-39(3)17-21-41)22-30(24)36-33(34)37-32(43)26-7-5-25(6-8-26)23-40-18-14-38(2)15-19-40/h4-13,22H,14-21,23H2,1-3H3,(H,35,42)(H3,34,36,37,43). The van der Waals surface area contributed by atoms with E-state index in [-0.39, 0.29) is 17.8 Å². The summed E-state index contributed by atoms with van der Waals surface area (Å²) >= 11 is 0. The summed E-state index contributed by atoms with van der Waals surface area (Å²) in [6.45, 7) is 11.0. The van der Waals surface area contributed by atoms with Crippen molar-refractivity contribution in [2.75, 3.05) is 76.7 Å². The van der Waals surface area contributed by atoms with Crippen LogP contribution >= 0.6 is 0 Å². The van der Waals surface area contributed by atoms with E-state index in [1.165, 1.54) is 5.56 Å². The molecule has 0 bridgehead atoms. The average Bonchev–Trinajstić information content (AvgIpc) is 3.01. The van der Waals surface area contributed by atoms with Crippen LogP contribution < -0.4 is 21.3 Å². The Balaban J connectivity index is 1.17. The van der Waals surface area contributed by atoms with Gasteiger partial charge in [0.15, 0.2) is 0 Å². The number of benzene rings is 3. The third-order valence-electron chi connectivity index (χ3n) is 8.17. The van der Waals surface area contributed by atoms with Gasteiger partial charge in [0.25, 0.3) is 11.8 Å². The second-order valence-corrected chi connectivity index (χ2v) is 11.5. The molecule has 0 radical (unpaired) electrons. The molecule has 2 saturated heterocycles. The molecular weight excluding hydrogens is 540 g/mol. The van der Waals surface area contributed by atoms with Crippen LogP contribution in [0.2, 0.25) is 0 Å². The fraction of sp³-hybridized carbons (Fsp3) is 0.364. The Kier molecular flexibility index (Phi) is 9.71. The summed E-state index contributed by atoms with van der Waals surface area (Å²) in [6, 6.07) is 20.7. The van der Waals surface area contributed by atoms with Gasteiger partial charge in [0.05, 0.1) is 5.69 Å². The molecule has 10 nitrogen and oxygen atoms in total. The van der Waals surface area contributed by atoms with Crippen LogP contribution in [0.1, 0.15) is 31.8 Å². The number of rotatable bonds is 7. The zero-order valence-corrected chi connectivity index (χ0v) is 25.3.